The van der Waals surface area contributed by atoms with Gasteiger partial charge in [-0.2, -0.15) is 8.78 Å². The van der Waals surface area contributed by atoms with Gasteiger partial charge in [-0.1, -0.05) is 6.07 Å². The van der Waals surface area contributed by atoms with Crippen molar-refractivity contribution in [3.63, 3.8) is 0 Å². The molecule has 2 rings (SSSR count). The number of halogens is 2. The molecule has 1 fully saturated rings. The number of benzene rings is 1. The number of methoxy groups -OCH3 is 1. The maximum absolute atomic E-state index is 12.4. The van der Waals surface area contributed by atoms with Crippen LogP contribution in [0.2, 0.25) is 0 Å². The number of alkyl halides is 2. The molecule has 21 heavy (non-hydrogen) atoms. The van der Waals surface area contributed by atoms with Crippen molar-refractivity contribution in [2.75, 3.05) is 14.2 Å². The minimum Gasteiger partial charge on any atom is -0.493 e. The first-order valence-electron chi connectivity index (χ1n) is 6.52. The molecule has 5 nitrogen and oxygen atoms in total. The molecular formula is C14H18F2N2O3. The van der Waals surface area contributed by atoms with E-state index in [1.807, 2.05) is 0 Å². The molecule has 0 spiro atoms. The van der Waals surface area contributed by atoms with Gasteiger partial charge in [0.05, 0.1) is 12.6 Å². The van der Waals surface area contributed by atoms with E-state index in [0.29, 0.717) is 18.4 Å². The Hall–Kier alpha value is -1.89. The summed E-state index contributed by atoms with van der Waals surface area (Å²) in [4.78, 5) is 13.5. The van der Waals surface area contributed by atoms with Crippen molar-refractivity contribution in [2.45, 2.75) is 31.5 Å². The first-order chi connectivity index (χ1) is 9.85. The van der Waals surface area contributed by atoms with Gasteiger partial charge in [0.2, 0.25) is 5.91 Å². The smallest absolute Gasteiger partial charge is 0.387 e. The summed E-state index contributed by atoms with van der Waals surface area (Å²) in [5.41, 5.74) is 5.76. The van der Waals surface area contributed by atoms with Crippen molar-refractivity contribution in [3.05, 3.63) is 23.8 Å². The Labute approximate surface area is 121 Å². The molecule has 1 aromatic rings. The number of carbonyl (C=O) groups is 1. The summed E-state index contributed by atoms with van der Waals surface area (Å²) < 4.78 is 34.1. The normalized spacial score (nSPS) is 15.7. The third-order valence-corrected chi connectivity index (χ3v) is 3.43. The maximum Gasteiger partial charge on any atom is 0.387 e. The van der Waals surface area contributed by atoms with E-state index >= 15 is 0 Å². The number of ether oxygens (including phenoxy) is 2. The van der Waals surface area contributed by atoms with Crippen LogP contribution in [0.25, 0.3) is 0 Å². The molecule has 0 aromatic heterocycles. The average Bonchev–Trinajstić information content (AvgIpc) is 3.17. The molecule has 1 saturated carbocycles. The second-order valence-electron chi connectivity index (χ2n) is 5.18. The predicted molar refractivity (Wildman–Crippen MR) is 72.3 cm³/mol. The van der Waals surface area contributed by atoms with Crippen molar-refractivity contribution in [2.24, 2.45) is 5.73 Å². The fourth-order valence-electron chi connectivity index (χ4n) is 2.08. The van der Waals surface area contributed by atoms with Gasteiger partial charge in [0, 0.05) is 13.6 Å². The molecule has 0 heterocycles. The molecule has 1 aliphatic rings. The first-order valence-corrected chi connectivity index (χ1v) is 6.52. The lowest BCUT2D eigenvalue weighted by Crippen LogP contribution is -2.43. The summed E-state index contributed by atoms with van der Waals surface area (Å²) >= 11 is 0. The Morgan fingerprint density at radius 1 is 1.43 bits per heavy atom. The molecule has 116 valence electrons. The topological polar surface area (TPSA) is 64.8 Å². The van der Waals surface area contributed by atoms with Gasteiger partial charge in [-0.25, -0.2) is 0 Å². The molecular weight excluding hydrogens is 282 g/mol. The van der Waals surface area contributed by atoms with Crippen molar-refractivity contribution >= 4 is 5.91 Å². The van der Waals surface area contributed by atoms with Crippen LogP contribution >= 0.6 is 0 Å². The van der Waals surface area contributed by atoms with E-state index in [-0.39, 0.29) is 24.0 Å². The second kappa shape index (κ2) is 5.85. The van der Waals surface area contributed by atoms with Crippen molar-refractivity contribution in [1.82, 2.24) is 4.90 Å². The summed E-state index contributed by atoms with van der Waals surface area (Å²) in [7, 11) is 3.00. The molecule has 0 aliphatic heterocycles. The third kappa shape index (κ3) is 3.60. The molecule has 0 atom stereocenters. The van der Waals surface area contributed by atoms with E-state index in [2.05, 4.69) is 4.74 Å². The summed E-state index contributed by atoms with van der Waals surface area (Å²) in [6, 6.07) is 4.66. The lowest BCUT2D eigenvalue weighted by atomic mass is 10.1. The van der Waals surface area contributed by atoms with Crippen molar-refractivity contribution < 1.29 is 23.0 Å². The van der Waals surface area contributed by atoms with E-state index < -0.39 is 12.2 Å². The predicted octanol–water partition coefficient (Wildman–Crippen LogP) is 1.75. The Morgan fingerprint density at radius 3 is 2.62 bits per heavy atom. The van der Waals surface area contributed by atoms with Crippen LogP contribution in [0.4, 0.5) is 8.78 Å². The Morgan fingerprint density at radius 2 is 2.10 bits per heavy atom. The molecule has 1 amide bonds. The number of hydrogen-bond acceptors (Lipinski definition) is 4. The maximum atomic E-state index is 12.4. The second-order valence-corrected chi connectivity index (χ2v) is 5.18. The van der Waals surface area contributed by atoms with E-state index in [1.165, 1.54) is 24.1 Å². The van der Waals surface area contributed by atoms with Gasteiger partial charge in [0.15, 0.2) is 11.5 Å². The summed E-state index contributed by atoms with van der Waals surface area (Å²) in [5.74, 6) is 0.0138. The first kappa shape index (κ1) is 15.5. The number of nitrogens with two attached hydrogens (primary N) is 1. The van der Waals surface area contributed by atoms with Gasteiger partial charge in [0.25, 0.3) is 0 Å². The molecule has 1 aliphatic carbocycles. The molecule has 0 bridgehead atoms. The molecule has 0 unspecified atom stereocenters. The minimum atomic E-state index is -2.94. The highest BCUT2D eigenvalue weighted by Gasteiger charge is 2.47. The van der Waals surface area contributed by atoms with Crippen LogP contribution in [-0.2, 0) is 11.3 Å². The van der Waals surface area contributed by atoms with Gasteiger partial charge < -0.3 is 20.1 Å². The quantitative estimate of drug-likeness (QED) is 0.869. The number of carbonyl (C=O) groups excluding carboxylic acids is 1. The zero-order valence-electron chi connectivity index (χ0n) is 11.9. The van der Waals surface area contributed by atoms with Crippen LogP contribution < -0.4 is 15.2 Å². The van der Waals surface area contributed by atoms with Crippen LogP contribution in [0.3, 0.4) is 0 Å². The largest absolute Gasteiger partial charge is 0.493 e. The number of likely N-dealkylation sites (N-methyl/N-ethyl adjacent to an activating group) is 1. The molecule has 0 radical (unpaired) electrons. The zero-order chi connectivity index (χ0) is 15.6. The van der Waals surface area contributed by atoms with Crippen LogP contribution in [-0.4, -0.2) is 37.1 Å². The zero-order valence-corrected chi connectivity index (χ0v) is 11.9. The minimum absolute atomic E-state index is 0.0558. The summed E-state index contributed by atoms with van der Waals surface area (Å²) in [5, 5.41) is 0. The van der Waals surface area contributed by atoms with Crippen LogP contribution in [0, 0.1) is 0 Å². The van der Waals surface area contributed by atoms with E-state index in [9.17, 15) is 13.6 Å². The van der Waals surface area contributed by atoms with Gasteiger partial charge >= 0.3 is 6.61 Å². The highest BCUT2D eigenvalue weighted by molar-refractivity contribution is 5.88. The van der Waals surface area contributed by atoms with Crippen LogP contribution in [0.5, 0.6) is 11.5 Å². The van der Waals surface area contributed by atoms with Crippen molar-refractivity contribution in [3.8, 4) is 11.5 Å². The SMILES string of the molecule is COc1ccc(CN(C)C(=O)C2(N)CC2)cc1OC(F)F. The molecule has 0 saturated heterocycles. The molecule has 1 aromatic carbocycles. The Kier molecular flexibility index (Phi) is 4.32. The van der Waals surface area contributed by atoms with E-state index in [0.717, 1.165) is 0 Å². The van der Waals surface area contributed by atoms with E-state index in [4.69, 9.17) is 10.5 Å². The number of hydrogen-bond donors (Lipinski definition) is 1. The average molecular weight is 300 g/mol. The summed E-state index contributed by atoms with van der Waals surface area (Å²) in [6.45, 7) is -2.67. The Balaban J connectivity index is 2.11. The van der Waals surface area contributed by atoms with E-state index in [1.54, 1.807) is 13.1 Å². The fourth-order valence-corrected chi connectivity index (χ4v) is 2.08. The summed E-state index contributed by atoms with van der Waals surface area (Å²) in [6.07, 6.45) is 1.36. The van der Waals surface area contributed by atoms with Gasteiger partial charge in [0.1, 0.15) is 0 Å². The third-order valence-electron chi connectivity index (χ3n) is 3.43. The number of rotatable bonds is 6. The molecule has 7 heteroatoms. The lowest BCUT2D eigenvalue weighted by molar-refractivity contribution is -0.132. The lowest BCUT2D eigenvalue weighted by Gasteiger charge is -2.21. The van der Waals surface area contributed by atoms with Gasteiger partial charge in [-0.15, -0.1) is 0 Å². The monoisotopic (exact) mass is 300 g/mol. The molecule has 2 N–H and O–H groups in total. The number of amides is 1. The van der Waals surface area contributed by atoms with Crippen LogP contribution in [0.15, 0.2) is 18.2 Å². The standard InChI is InChI=1S/C14H18F2N2O3/c1-18(12(19)14(17)5-6-14)8-9-3-4-10(20-2)11(7-9)21-13(15)16/h3-4,7,13H,5-6,8,17H2,1-2H3. The van der Waals surface area contributed by atoms with Gasteiger partial charge in [-0.05, 0) is 30.5 Å². The Bertz CT molecular complexity index is 533. The van der Waals surface area contributed by atoms with Crippen molar-refractivity contribution in [1.29, 1.82) is 0 Å². The fraction of sp³-hybridized carbons (Fsp3) is 0.500. The van der Waals surface area contributed by atoms with Crippen LogP contribution in [0.1, 0.15) is 18.4 Å². The number of nitrogens with zero attached hydrogens (tertiary/aromatic N) is 1. The highest BCUT2D eigenvalue weighted by Crippen LogP contribution is 2.35. The highest BCUT2D eigenvalue weighted by atomic mass is 19.3. The van der Waals surface area contributed by atoms with Gasteiger partial charge in [-0.3, -0.25) is 4.79 Å².